The molecule has 0 aliphatic heterocycles. The molecule has 1 atom stereocenters. The van der Waals surface area contributed by atoms with E-state index in [1.165, 1.54) is 0 Å². The first kappa shape index (κ1) is 19.7. The normalized spacial score (nSPS) is 11.6. The number of carbonyl (C=O) groups is 2. The molecule has 0 bridgehead atoms. The number of likely N-dealkylation sites (N-methyl/N-ethyl adjacent to an activating group) is 1. The molecule has 0 aromatic heterocycles. The average molecular weight is 335 g/mol. The van der Waals surface area contributed by atoms with Crippen molar-refractivity contribution in [1.29, 1.82) is 0 Å². The summed E-state index contributed by atoms with van der Waals surface area (Å²) in [6, 6.07) is 7.74. The predicted octanol–water partition coefficient (Wildman–Crippen LogP) is 1.83. The lowest BCUT2D eigenvalue weighted by molar-refractivity contribution is -0.138. The summed E-state index contributed by atoms with van der Waals surface area (Å²) in [5.41, 5.74) is 1.14. The number of halogens is 2. The Labute approximate surface area is 135 Å². The van der Waals surface area contributed by atoms with Crippen molar-refractivity contribution in [2.45, 2.75) is 19.4 Å². The van der Waals surface area contributed by atoms with Crippen molar-refractivity contribution >= 4 is 35.9 Å². The summed E-state index contributed by atoms with van der Waals surface area (Å²) in [6.07, 6.45) is 0.792. The molecule has 1 rings (SSSR count). The maximum atomic E-state index is 11.5. The highest BCUT2D eigenvalue weighted by Gasteiger charge is 2.14. The molecule has 1 aromatic rings. The van der Waals surface area contributed by atoms with Gasteiger partial charge in [-0.25, -0.2) is 0 Å². The highest BCUT2D eigenvalue weighted by molar-refractivity contribution is 6.30. The van der Waals surface area contributed by atoms with Gasteiger partial charge in [0.15, 0.2) is 0 Å². The zero-order valence-corrected chi connectivity index (χ0v) is 13.6. The lowest BCUT2D eigenvalue weighted by atomic mass is 10.1. The average Bonchev–Trinajstić information content (AvgIpc) is 2.39. The van der Waals surface area contributed by atoms with Crippen molar-refractivity contribution in [3.8, 4) is 0 Å². The fourth-order valence-electron chi connectivity index (χ4n) is 1.73. The van der Waals surface area contributed by atoms with Gasteiger partial charge in [-0.1, -0.05) is 23.7 Å². The van der Waals surface area contributed by atoms with E-state index < -0.39 is 5.97 Å². The van der Waals surface area contributed by atoms with Crippen LogP contribution in [-0.2, 0) is 16.0 Å². The number of carboxylic acid groups (broad SMARTS) is 1. The molecule has 0 fully saturated rings. The van der Waals surface area contributed by atoms with Crippen LogP contribution in [0.2, 0.25) is 5.02 Å². The van der Waals surface area contributed by atoms with Gasteiger partial charge in [-0.05, 0) is 38.1 Å². The standard InChI is InChI=1S/C14H19ClN2O3.ClH/c1-10(7-11-3-5-12(15)6-4-11)17(2)9-13(18)16-8-14(19)20;/h3-6,10H,7-9H2,1-2H3,(H,16,18)(H,19,20);1H. The summed E-state index contributed by atoms with van der Waals surface area (Å²) in [5, 5.41) is 11.5. The van der Waals surface area contributed by atoms with Gasteiger partial charge in [-0.15, -0.1) is 12.4 Å². The Morgan fingerprint density at radius 3 is 2.43 bits per heavy atom. The van der Waals surface area contributed by atoms with E-state index in [2.05, 4.69) is 5.32 Å². The van der Waals surface area contributed by atoms with Crippen LogP contribution in [0.25, 0.3) is 0 Å². The van der Waals surface area contributed by atoms with E-state index in [1.54, 1.807) is 0 Å². The number of hydrogen-bond acceptors (Lipinski definition) is 3. The minimum Gasteiger partial charge on any atom is -0.480 e. The topological polar surface area (TPSA) is 69.6 Å². The second-order valence-corrected chi connectivity index (χ2v) is 5.20. The van der Waals surface area contributed by atoms with E-state index in [0.717, 1.165) is 12.0 Å². The molecule has 0 saturated carbocycles. The molecule has 7 heteroatoms. The quantitative estimate of drug-likeness (QED) is 0.798. The fraction of sp³-hybridized carbons (Fsp3) is 0.429. The second kappa shape index (κ2) is 9.60. The highest BCUT2D eigenvalue weighted by Crippen LogP contribution is 2.12. The van der Waals surface area contributed by atoms with Gasteiger partial charge in [0.25, 0.3) is 0 Å². The minimum absolute atomic E-state index is 0. The van der Waals surface area contributed by atoms with E-state index in [0.29, 0.717) is 5.02 Å². The van der Waals surface area contributed by atoms with Crippen LogP contribution in [0.1, 0.15) is 12.5 Å². The van der Waals surface area contributed by atoms with Crippen LogP contribution in [0.3, 0.4) is 0 Å². The third kappa shape index (κ3) is 7.90. The molecular weight excluding hydrogens is 315 g/mol. The van der Waals surface area contributed by atoms with Crippen molar-refractivity contribution in [3.63, 3.8) is 0 Å². The van der Waals surface area contributed by atoms with Crippen molar-refractivity contribution in [2.24, 2.45) is 0 Å². The molecule has 2 N–H and O–H groups in total. The van der Waals surface area contributed by atoms with Gasteiger partial charge in [0.1, 0.15) is 6.54 Å². The van der Waals surface area contributed by atoms with Crippen LogP contribution < -0.4 is 5.32 Å². The smallest absolute Gasteiger partial charge is 0.322 e. The molecule has 1 aromatic carbocycles. The lowest BCUT2D eigenvalue weighted by Gasteiger charge is -2.24. The fourth-order valence-corrected chi connectivity index (χ4v) is 1.86. The zero-order valence-electron chi connectivity index (χ0n) is 12.0. The van der Waals surface area contributed by atoms with Gasteiger partial charge in [-0.3, -0.25) is 14.5 Å². The molecule has 5 nitrogen and oxygen atoms in total. The van der Waals surface area contributed by atoms with E-state index in [4.69, 9.17) is 16.7 Å². The molecule has 0 aliphatic rings. The molecule has 0 aliphatic carbocycles. The van der Waals surface area contributed by atoms with Gasteiger partial charge in [0.2, 0.25) is 5.91 Å². The molecule has 0 spiro atoms. The number of carbonyl (C=O) groups excluding carboxylic acids is 1. The summed E-state index contributed by atoms with van der Waals surface area (Å²) in [6.45, 7) is 1.83. The highest BCUT2D eigenvalue weighted by atomic mass is 35.5. The minimum atomic E-state index is -1.05. The molecule has 1 unspecified atom stereocenters. The van der Waals surface area contributed by atoms with Gasteiger partial charge in [0.05, 0.1) is 6.54 Å². The maximum absolute atomic E-state index is 11.5. The van der Waals surface area contributed by atoms with E-state index in [9.17, 15) is 9.59 Å². The van der Waals surface area contributed by atoms with Crippen LogP contribution in [-0.4, -0.2) is 48.1 Å². The van der Waals surface area contributed by atoms with Crippen LogP contribution in [0.4, 0.5) is 0 Å². The summed E-state index contributed by atoms with van der Waals surface area (Å²) in [4.78, 5) is 23.8. The number of hydrogen-bond donors (Lipinski definition) is 2. The number of amides is 1. The Balaban J connectivity index is 0.00000400. The van der Waals surface area contributed by atoms with Gasteiger partial charge >= 0.3 is 5.97 Å². The van der Waals surface area contributed by atoms with Crippen LogP contribution in [0, 0.1) is 0 Å². The number of nitrogens with zero attached hydrogens (tertiary/aromatic N) is 1. The second-order valence-electron chi connectivity index (χ2n) is 4.77. The summed E-state index contributed by atoms with van der Waals surface area (Å²) >= 11 is 5.83. The molecule has 118 valence electrons. The largest absolute Gasteiger partial charge is 0.480 e. The first-order valence-corrected chi connectivity index (χ1v) is 6.69. The number of benzene rings is 1. The number of aliphatic carboxylic acids is 1. The third-order valence-electron chi connectivity index (χ3n) is 3.03. The number of carboxylic acids is 1. The molecule has 0 saturated heterocycles. The lowest BCUT2D eigenvalue weighted by Crippen LogP contribution is -2.41. The molecule has 21 heavy (non-hydrogen) atoms. The number of rotatable bonds is 7. The predicted molar refractivity (Wildman–Crippen MR) is 85.1 cm³/mol. The molecular formula is C14H20Cl2N2O3. The first-order valence-electron chi connectivity index (χ1n) is 6.31. The van der Waals surface area contributed by atoms with Crippen molar-refractivity contribution in [2.75, 3.05) is 20.1 Å². The Hall–Kier alpha value is -1.30. The SMILES string of the molecule is CC(Cc1ccc(Cl)cc1)N(C)CC(=O)NCC(=O)O.Cl. The molecule has 0 radical (unpaired) electrons. The van der Waals surface area contributed by atoms with Gasteiger partial charge < -0.3 is 10.4 Å². The van der Waals surface area contributed by atoms with Crippen LogP contribution >= 0.6 is 24.0 Å². The Morgan fingerprint density at radius 2 is 1.90 bits per heavy atom. The Kier molecular flexibility index (Phi) is 9.01. The Bertz CT molecular complexity index is 466. The monoisotopic (exact) mass is 334 g/mol. The zero-order chi connectivity index (χ0) is 15.1. The molecule has 0 heterocycles. The summed E-state index contributed by atoms with van der Waals surface area (Å²) in [7, 11) is 1.83. The van der Waals surface area contributed by atoms with E-state index in [-0.39, 0.29) is 37.4 Å². The van der Waals surface area contributed by atoms with E-state index >= 15 is 0 Å². The summed E-state index contributed by atoms with van der Waals surface area (Å²) in [5.74, 6) is -1.34. The first-order chi connectivity index (χ1) is 9.38. The number of nitrogens with one attached hydrogen (secondary N) is 1. The van der Waals surface area contributed by atoms with Crippen molar-refractivity contribution in [1.82, 2.24) is 10.2 Å². The van der Waals surface area contributed by atoms with Gasteiger partial charge in [0, 0.05) is 11.1 Å². The third-order valence-corrected chi connectivity index (χ3v) is 3.28. The summed E-state index contributed by atoms with van der Waals surface area (Å²) < 4.78 is 0. The van der Waals surface area contributed by atoms with E-state index in [1.807, 2.05) is 43.1 Å². The van der Waals surface area contributed by atoms with Crippen LogP contribution in [0.15, 0.2) is 24.3 Å². The maximum Gasteiger partial charge on any atom is 0.322 e. The Morgan fingerprint density at radius 1 is 1.33 bits per heavy atom. The van der Waals surface area contributed by atoms with Crippen molar-refractivity contribution in [3.05, 3.63) is 34.9 Å². The molecule has 1 amide bonds. The van der Waals surface area contributed by atoms with Gasteiger partial charge in [-0.2, -0.15) is 0 Å². The van der Waals surface area contributed by atoms with Crippen LogP contribution in [0.5, 0.6) is 0 Å². The van der Waals surface area contributed by atoms with Crippen molar-refractivity contribution < 1.29 is 14.7 Å².